The Morgan fingerprint density at radius 2 is 1.85 bits per heavy atom. The molecule has 3 rings (SSSR count). The first kappa shape index (κ1) is 13.1. The molecule has 2 nitrogen and oxygen atoms in total. The van der Waals surface area contributed by atoms with Crippen molar-refractivity contribution >= 4 is 15.9 Å². The number of aromatic nitrogens is 2. The Bertz CT molecular complexity index is 702. The number of rotatable bonds is 3. The van der Waals surface area contributed by atoms with Gasteiger partial charge in [-0.25, -0.2) is 4.39 Å². The van der Waals surface area contributed by atoms with Crippen LogP contribution in [0.2, 0.25) is 0 Å². The first-order chi connectivity index (χ1) is 9.70. The van der Waals surface area contributed by atoms with Crippen molar-refractivity contribution in [2.75, 3.05) is 0 Å². The van der Waals surface area contributed by atoms with E-state index in [-0.39, 0.29) is 5.82 Å². The van der Waals surface area contributed by atoms with Crippen LogP contribution in [-0.4, -0.2) is 9.78 Å². The first-order valence-corrected chi connectivity index (χ1v) is 7.03. The summed E-state index contributed by atoms with van der Waals surface area (Å²) < 4.78 is 15.9. The summed E-state index contributed by atoms with van der Waals surface area (Å²) in [7, 11) is 0. The Labute approximate surface area is 125 Å². The van der Waals surface area contributed by atoms with Crippen LogP contribution in [-0.2, 0) is 6.54 Å². The largest absolute Gasteiger partial charge is 0.268 e. The van der Waals surface area contributed by atoms with Crippen LogP contribution in [0.25, 0.3) is 11.1 Å². The number of hydrogen-bond acceptors (Lipinski definition) is 1. The first-order valence-electron chi connectivity index (χ1n) is 6.23. The minimum Gasteiger partial charge on any atom is -0.268 e. The molecule has 1 heterocycles. The molecule has 0 unspecified atom stereocenters. The summed E-state index contributed by atoms with van der Waals surface area (Å²) in [5.41, 5.74) is 3.06. The molecular formula is C16H12BrFN2. The van der Waals surface area contributed by atoms with Gasteiger partial charge in [-0.2, -0.15) is 5.10 Å². The lowest BCUT2D eigenvalue weighted by atomic mass is 10.1. The Morgan fingerprint density at radius 1 is 1.05 bits per heavy atom. The van der Waals surface area contributed by atoms with Crippen molar-refractivity contribution < 1.29 is 4.39 Å². The van der Waals surface area contributed by atoms with Gasteiger partial charge < -0.3 is 0 Å². The number of benzene rings is 2. The fraction of sp³-hybridized carbons (Fsp3) is 0.0625. The summed E-state index contributed by atoms with van der Waals surface area (Å²) in [6.07, 6.45) is 3.79. The van der Waals surface area contributed by atoms with Crippen molar-refractivity contribution in [3.8, 4) is 11.1 Å². The quantitative estimate of drug-likeness (QED) is 0.691. The predicted molar refractivity (Wildman–Crippen MR) is 80.9 cm³/mol. The van der Waals surface area contributed by atoms with Gasteiger partial charge in [-0.15, -0.1) is 0 Å². The lowest BCUT2D eigenvalue weighted by Crippen LogP contribution is -2.00. The van der Waals surface area contributed by atoms with Crippen molar-refractivity contribution in [3.63, 3.8) is 0 Å². The van der Waals surface area contributed by atoms with E-state index in [2.05, 4.69) is 21.0 Å². The summed E-state index contributed by atoms with van der Waals surface area (Å²) in [4.78, 5) is 0. The van der Waals surface area contributed by atoms with E-state index < -0.39 is 0 Å². The molecule has 0 atom stereocenters. The zero-order chi connectivity index (χ0) is 13.9. The summed E-state index contributed by atoms with van der Waals surface area (Å²) in [6, 6.07) is 14.9. The van der Waals surface area contributed by atoms with Crippen LogP contribution >= 0.6 is 15.9 Å². The minimum absolute atomic E-state index is 0.246. The highest BCUT2D eigenvalue weighted by Gasteiger charge is 2.04. The average molecular weight is 331 g/mol. The molecule has 0 aliphatic rings. The van der Waals surface area contributed by atoms with Crippen molar-refractivity contribution in [2.45, 2.75) is 6.54 Å². The Hall–Kier alpha value is -1.94. The van der Waals surface area contributed by atoms with Gasteiger partial charge >= 0.3 is 0 Å². The molecule has 0 saturated heterocycles. The highest BCUT2D eigenvalue weighted by atomic mass is 79.9. The lowest BCUT2D eigenvalue weighted by molar-refractivity contribution is 0.618. The predicted octanol–water partition coefficient (Wildman–Crippen LogP) is 4.50. The Morgan fingerprint density at radius 3 is 2.60 bits per heavy atom. The maximum Gasteiger partial charge on any atom is 0.124 e. The molecule has 0 amide bonds. The summed E-state index contributed by atoms with van der Waals surface area (Å²) in [5.74, 6) is -0.246. The zero-order valence-corrected chi connectivity index (χ0v) is 12.2. The number of hydrogen-bond donors (Lipinski definition) is 0. The van der Waals surface area contributed by atoms with E-state index in [0.717, 1.165) is 21.2 Å². The van der Waals surface area contributed by atoms with Crippen LogP contribution in [0.4, 0.5) is 4.39 Å². The molecule has 0 N–H and O–H groups in total. The highest BCUT2D eigenvalue weighted by molar-refractivity contribution is 9.10. The van der Waals surface area contributed by atoms with Gasteiger partial charge in [0.2, 0.25) is 0 Å². The van der Waals surface area contributed by atoms with Gasteiger partial charge in [0.25, 0.3) is 0 Å². The summed E-state index contributed by atoms with van der Waals surface area (Å²) in [5, 5.41) is 4.33. The van der Waals surface area contributed by atoms with Gasteiger partial charge in [0.05, 0.1) is 12.7 Å². The fourth-order valence-corrected chi connectivity index (χ4v) is 2.63. The second kappa shape index (κ2) is 5.59. The maximum absolute atomic E-state index is 13.3. The van der Waals surface area contributed by atoms with Gasteiger partial charge in [0.1, 0.15) is 5.82 Å². The molecule has 0 aliphatic heterocycles. The highest BCUT2D eigenvalue weighted by Crippen LogP contribution is 2.19. The molecule has 4 heteroatoms. The van der Waals surface area contributed by atoms with Gasteiger partial charge in [-0.1, -0.05) is 46.3 Å². The zero-order valence-electron chi connectivity index (χ0n) is 10.6. The third kappa shape index (κ3) is 2.96. The molecule has 0 aliphatic carbocycles. The molecule has 100 valence electrons. The van der Waals surface area contributed by atoms with Gasteiger partial charge in [-0.05, 0) is 29.3 Å². The van der Waals surface area contributed by atoms with E-state index in [0.29, 0.717) is 6.54 Å². The van der Waals surface area contributed by atoms with Crippen LogP contribution in [0.15, 0.2) is 65.4 Å². The molecule has 0 fully saturated rings. The number of halogens is 2. The summed E-state index contributed by atoms with van der Waals surface area (Å²) >= 11 is 3.30. The Balaban J connectivity index is 1.84. The van der Waals surface area contributed by atoms with Gasteiger partial charge in [-0.3, -0.25) is 4.68 Å². The van der Waals surface area contributed by atoms with E-state index in [1.54, 1.807) is 0 Å². The van der Waals surface area contributed by atoms with Gasteiger partial charge in [0.15, 0.2) is 0 Å². The maximum atomic E-state index is 13.3. The smallest absolute Gasteiger partial charge is 0.124 e. The fourth-order valence-electron chi connectivity index (χ4n) is 2.12. The van der Waals surface area contributed by atoms with Crippen LogP contribution < -0.4 is 0 Å². The van der Waals surface area contributed by atoms with Crippen molar-refractivity contribution in [1.29, 1.82) is 0 Å². The molecule has 0 bridgehead atoms. The van der Waals surface area contributed by atoms with Crippen LogP contribution in [0.3, 0.4) is 0 Å². The molecule has 0 radical (unpaired) electrons. The second-order valence-electron chi connectivity index (χ2n) is 4.57. The van der Waals surface area contributed by atoms with E-state index in [4.69, 9.17) is 0 Å². The van der Waals surface area contributed by atoms with E-state index in [9.17, 15) is 4.39 Å². The van der Waals surface area contributed by atoms with Crippen LogP contribution in [0.1, 0.15) is 5.56 Å². The average Bonchev–Trinajstić information content (AvgIpc) is 2.87. The van der Waals surface area contributed by atoms with Crippen molar-refractivity contribution in [2.24, 2.45) is 0 Å². The monoisotopic (exact) mass is 330 g/mol. The molecule has 1 aromatic heterocycles. The molecule has 0 saturated carbocycles. The third-order valence-corrected chi connectivity index (χ3v) is 3.47. The van der Waals surface area contributed by atoms with Crippen LogP contribution in [0, 0.1) is 5.82 Å². The van der Waals surface area contributed by atoms with Crippen molar-refractivity contribution in [3.05, 3.63) is 76.8 Å². The third-order valence-electron chi connectivity index (χ3n) is 3.01. The van der Waals surface area contributed by atoms with Crippen molar-refractivity contribution in [1.82, 2.24) is 9.78 Å². The molecule has 0 spiro atoms. The normalized spacial score (nSPS) is 10.7. The van der Waals surface area contributed by atoms with E-state index in [1.807, 2.05) is 53.5 Å². The SMILES string of the molecule is Fc1cc(Br)cc(Cn2cc(-c3ccccc3)cn2)c1. The Kier molecular flexibility index (Phi) is 3.65. The second-order valence-corrected chi connectivity index (χ2v) is 5.49. The molecule has 2 aromatic carbocycles. The minimum atomic E-state index is -0.246. The molecular weight excluding hydrogens is 319 g/mol. The molecule has 3 aromatic rings. The van der Waals surface area contributed by atoms with Crippen LogP contribution in [0.5, 0.6) is 0 Å². The summed E-state index contributed by atoms with van der Waals surface area (Å²) in [6.45, 7) is 0.545. The van der Waals surface area contributed by atoms with E-state index in [1.165, 1.54) is 12.1 Å². The van der Waals surface area contributed by atoms with E-state index >= 15 is 0 Å². The van der Waals surface area contributed by atoms with Gasteiger partial charge in [0, 0.05) is 16.2 Å². The number of nitrogens with zero attached hydrogens (tertiary/aromatic N) is 2. The molecule has 20 heavy (non-hydrogen) atoms. The standard InChI is InChI=1S/C16H12BrFN2/c17-15-6-12(7-16(18)8-15)10-20-11-14(9-19-20)13-4-2-1-3-5-13/h1-9,11H,10H2. The lowest BCUT2D eigenvalue weighted by Gasteiger charge is -2.03. The topological polar surface area (TPSA) is 17.8 Å².